The Kier molecular flexibility index (Phi) is 5.58. The van der Waals surface area contributed by atoms with Crippen LogP contribution in [0, 0.1) is 19.8 Å². The van der Waals surface area contributed by atoms with Gasteiger partial charge >= 0.3 is 5.97 Å². The number of carboxylic acid groups (broad SMARTS) is 1. The maximum absolute atomic E-state index is 12.9. The van der Waals surface area contributed by atoms with Gasteiger partial charge in [-0.05, 0) is 51.2 Å². The van der Waals surface area contributed by atoms with Gasteiger partial charge in [-0.2, -0.15) is 4.31 Å². The average Bonchev–Trinajstić information content (AvgIpc) is 3.11. The Labute approximate surface area is 160 Å². The van der Waals surface area contributed by atoms with Crippen LogP contribution in [0.15, 0.2) is 23.1 Å². The number of sulfonamides is 1. The van der Waals surface area contributed by atoms with E-state index in [9.17, 15) is 23.1 Å². The van der Waals surface area contributed by atoms with Gasteiger partial charge in [-0.25, -0.2) is 13.2 Å². The molecule has 2 saturated heterocycles. The van der Waals surface area contributed by atoms with Crippen molar-refractivity contribution in [3.05, 3.63) is 29.3 Å². The first-order chi connectivity index (χ1) is 12.7. The summed E-state index contributed by atoms with van der Waals surface area (Å²) in [6.07, 6.45) is 2.03. The van der Waals surface area contributed by atoms with E-state index < -0.39 is 22.0 Å². The summed E-state index contributed by atoms with van der Waals surface area (Å²) in [5.74, 6) is -1.42. The number of benzene rings is 1. The minimum absolute atomic E-state index is 0.150. The van der Waals surface area contributed by atoms with E-state index in [0.717, 1.165) is 11.1 Å². The fraction of sp³-hybridized carbons (Fsp3) is 0.579. The first-order valence-corrected chi connectivity index (χ1v) is 10.8. The van der Waals surface area contributed by atoms with Crippen molar-refractivity contribution in [3.63, 3.8) is 0 Å². The van der Waals surface area contributed by atoms with Crippen molar-refractivity contribution in [3.8, 4) is 0 Å². The molecule has 1 aromatic carbocycles. The van der Waals surface area contributed by atoms with Gasteiger partial charge in [-0.3, -0.25) is 4.79 Å². The Morgan fingerprint density at radius 1 is 1.07 bits per heavy atom. The largest absolute Gasteiger partial charge is 0.480 e. The summed E-state index contributed by atoms with van der Waals surface area (Å²) in [6.45, 7) is 4.73. The molecular formula is C19H26N2O5S. The number of carbonyl (C=O) groups is 2. The molecule has 2 aliphatic heterocycles. The number of hydrogen-bond donors (Lipinski definition) is 1. The predicted molar refractivity (Wildman–Crippen MR) is 99.8 cm³/mol. The summed E-state index contributed by atoms with van der Waals surface area (Å²) >= 11 is 0. The van der Waals surface area contributed by atoms with Crippen LogP contribution in [0.1, 0.15) is 36.8 Å². The number of piperidine rings is 1. The van der Waals surface area contributed by atoms with Gasteiger partial charge < -0.3 is 10.0 Å². The molecule has 0 aliphatic carbocycles. The summed E-state index contributed by atoms with van der Waals surface area (Å²) in [4.78, 5) is 25.8. The normalized spacial score (nSPS) is 22.1. The quantitative estimate of drug-likeness (QED) is 0.840. The first kappa shape index (κ1) is 19.8. The fourth-order valence-electron chi connectivity index (χ4n) is 4.09. The molecule has 2 heterocycles. The molecule has 8 heteroatoms. The van der Waals surface area contributed by atoms with Gasteiger partial charge in [-0.15, -0.1) is 0 Å². The smallest absolute Gasteiger partial charge is 0.326 e. The fourth-order valence-corrected chi connectivity index (χ4v) is 5.77. The third kappa shape index (κ3) is 3.87. The minimum Gasteiger partial charge on any atom is -0.480 e. The topological polar surface area (TPSA) is 95.0 Å². The lowest BCUT2D eigenvalue weighted by atomic mass is 9.96. The van der Waals surface area contributed by atoms with E-state index in [1.54, 1.807) is 19.1 Å². The Bertz CT molecular complexity index is 844. The van der Waals surface area contributed by atoms with E-state index in [1.165, 1.54) is 9.21 Å². The number of rotatable bonds is 4. The molecule has 0 saturated carbocycles. The van der Waals surface area contributed by atoms with Crippen molar-refractivity contribution < 1.29 is 23.1 Å². The second kappa shape index (κ2) is 7.59. The van der Waals surface area contributed by atoms with Gasteiger partial charge in [0.2, 0.25) is 15.9 Å². The van der Waals surface area contributed by atoms with E-state index in [-0.39, 0.29) is 24.9 Å². The zero-order valence-corrected chi connectivity index (χ0v) is 16.5. The molecule has 1 N–H and O–H groups in total. The van der Waals surface area contributed by atoms with E-state index in [4.69, 9.17) is 0 Å². The van der Waals surface area contributed by atoms with Crippen LogP contribution in [-0.2, 0) is 19.6 Å². The number of carbonyl (C=O) groups excluding carboxylic acids is 1. The Hall–Kier alpha value is -1.93. The van der Waals surface area contributed by atoms with Gasteiger partial charge in [0.25, 0.3) is 0 Å². The molecule has 0 aromatic heterocycles. The molecular weight excluding hydrogens is 368 g/mol. The van der Waals surface area contributed by atoms with Gasteiger partial charge in [0.1, 0.15) is 6.04 Å². The van der Waals surface area contributed by atoms with Crippen LogP contribution in [0.3, 0.4) is 0 Å². The number of aliphatic carboxylic acids is 1. The van der Waals surface area contributed by atoms with Gasteiger partial charge in [0.05, 0.1) is 4.90 Å². The minimum atomic E-state index is -3.59. The molecule has 1 atom stereocenters. The molecule has 0 bridgehead atoms. The lowest BCUT2D eigenvalue weighted by Crippen LogP contribution is -2.47. The van der Waals surface area contributed by atoms with Crippen molar-refractivity contribution >= 4 is 21.9 Å². The number of amides is 1. The molecule has 1 aromatic rings. The molecule has 7 nitrogen and oxygen atoms in total. The maximum Gasteiger partial charge on any atom is 0.326 e. The number of nitrogens with zero attached hydrogens (tertiary/aromatic N) is 2. The Morgan fingerprint density at radius 3 is 2.33 bits per heavy atom. The van der Waals surface area contributed by atoms with Crippen molar-refractivity contribution in [2.45, 2.75) is 50.5 Å². The molecule has 3 rings (SSSR count). The van der Waals surface area contributed by atoms with Crippen LogP contribution in [0.2, 0.25) is 0 Å². The Balaban J connectivity index is 1.68. The van der Waals surface area contributed by atoms with E-state index in [1.807, 2.05) is 13.0 Å². The van der Waals surface area contributed by atoms with Crippen LogP contribution in [-0.4, -0.2) is 60.3 Å². The van der Waals surface area contributed by atoms with Crippen molar-refractivity contribution in [1.82, 2.24) is 9.21 Å². The third-order valence-corrected chi connectivity index (χ3v) is 7.63. The van der Waals surface area contributed by atoms with Crippen LogP contribution in [0.4, 0.5) is 0 Å². The molecule has 0 spiro atoms. The predicted octanol–water partition coefficient (Wildman–Crippen LogP) is 1.78. The lowest BCUT2D eigenvalue weighted by molar-refractivity contribution is -0.150. The molecule has 2 fully saturated rings. The second-order valence-electron chi connectivity index (χ2n) is 7.48. The summed E-state index contributed by atoms with van der Waals surface area (Å²) < 4.78 is 27.3. The molecule has 27 heavy (non-hydrogen) atoms. The summed E-state index contributed by atoms with van der Waals surface area (Å²) in [5.41, 5.74) is 1.73. The second-order valence-corrected chi connectivity index (χ2v) is 9.38. The highest BCUT2D eigenvalue weighted by Gasteiger charge is 2.39. The van der Waals surface area contributed by atoms with E-state index in [0.29, 0.717) is 37.1 Å². The highest BCUT2D eigenvalue weighted by molar-refractivity contribution is 7.89. The van der Waals surface area contributed by atoms with Crippen LogP contribution in [0.25, 0.3) is 0 Å². The van der Waals surface area contributed by atoms with E-state index >= 15 is 0 Å². The number of aryl methyl sites for hydroxylation is 2. The van der Waals surface area contributed by atoms with Gasteiger partial charge in [0.15, 0.2) is 0 Å². The summed E-state index contributed by atoms with van der Waals surface area (Å²) in [7, 11) is -3.59. The summed E-state index contributed by atoms with van der Waals surface area (Å²) in [5, 5.41) is 9.27. The highest BCUT2D eigenvalue weighted by atomic mass is 32.2. The lowest BCUT2D eigenvalue weighted by Gasteiger charge is -2.33. The van der Waals surface area contributed by atoms with Crippen molar-refractivity contribution in [1.29, 1.82) is 0 Å². The van der Waals surface area contributed by atoms with Gasteiger partial charge in [0, 0.05) is 25.6 Å². The molecule has 1 amide bonds. The van der Waals surface area contributed by atoms with Crippen LogP contribution in [0.5, 0.6) is 0 Å². The van der Waals surface area contributed by atoms with Gasteiger partial charge in [-0.1, -0.05) is 17.7 Å². The molecule has 2 aliphatic rings. The van der Waals surface area contributed by atoms with Crippen molar-refractivity contribution in [2.24, 2.45) is 5.92 Å². The molecule has 0 unspecified atom stereocenters. The van der Waals surface area contributed by atoms with Crippen LogP contribution >= 0.6 is 0 Å². The monoisotopic (exact) mass is 394 g/mol. The standard InChI is InChI=1S/C19H26N2O5S/c1-13-5-6-17(14(2)12-13)27(25,26)20-10-7-15(8-11-20)18(22)21-9-3-4-16(21)19(23)24/h5-6,12,15-16H,3-4,7-11H2,1-2H3,(H,23,24)/t16-/m0/s1. The SMILES string of the molecule is Cc1ccc(S(=O)(=O)N2CCC(C(=O)N3CCC[C@H]3C(=O)O)CC2)c(C)c1. The first-order valence-electron chi connectivity index (χ1n) is 9.32. The maximum atomic E-state index is 12.9. The Morgan fingerprint density at radius 2 is 1.74 bits per heavy atom. The van der Waals surface area contributed by atoms with E-state index in [2.05, 4.69) is 0 Å². The van der Waals surface area contributed by atoms with Crippen molar-refractivity contribution in [2.75, 3.05) is 19.6 Å². The highest BCUT2D eigenvalue weighted by Crippen LogP contribution is 2.29. The zero-order valence-electron chi connectivity index (χ0n) is 15.7. The van der Waals surface area contributed by atoms with Crippen LogP contribution < -0.4 is 0 Å². The third-order valence-electron chi connectivity index (χ3n) is 5.57. The average molecular weight is 394 g/mol. The number of hydrogen-bond acceptors (Lipinski definition) is 4. The summed E-state index contributed by atoms with van der Waals surface area (Å²) in [6, 6.07) is 4.53. The molecule has 148 valence electrons. The zero-order chi connectivity index (χ0) is 19.8. The number of carboxylic acids is 1. The molecule has 0 radical (unpaired) electrons. The number of likely N-dealkylation sites (tertiary alicyclic amines) is 1.